The summed E-state index contributed by atoms with van der Waals surface area (Å²) >= 11 is 0. The first-order valence-corrected chi connectivity index (χ1v) is 6.37. The highest BCUT2D eigenvalue weighted by Crippen LogP contribution is 2.10. The number of ketones is 1. The van der Waals surface area contributed by atoms with Gasteiger partial charge in [-0.25, -0.2) is 0 Å². The van der Waals surface area contributed by atoms with Crippen molar-refractivity contribution >= 4 is 5.78 Å². The molecular weight excluding hydrogens is 200 g/mol. The predicted octanol–water partition coefficient (Wildman–Crippen LogP) is 3.78. The largest absolute Gasteiger partial charge is 0.493 e. The summed E-state index contributed by atoms with van der Waals surface area (Å²) in [5, 5.41) is 0. The number of carbonyl (C=O) groups excluding carboxylic acids is 1. The molecule has 2 nitrogen and oxygen atoms in total. The van der Waals surface area contributed by atoms with Crippen LogP contribution in [0.3, 0.4) is 0 Å². The quantitative estimate of drug-likeness (QED) is 0.584. The Bertz CT molecular complexity index is 264. The van der Waals surface area contributed by atoms with Crippen molar-refractivity contribution in [2.75, 3.05) is 6.61 Å². The fourth-order valence-corrected chi connectivity index (χ4v) is 1.72. The molecule has 0 saturated carbocycles. The summed E-state index contributed by atoms with van der Waals surface area (Å²) in [6.45, 7) is 2.96. The molecule has 1 aliphatic carbocycles. The van der Waals surface area contributed by atoms with Crippen LogP contribution >= 0.6 is 0 Å². The molecule has 0 unspecified atom stereocenters. The summed E-state index contributed by atoms with van der Waals surface area (Å²) < 4.78 is 5.51. The van der Waals surface area contributed by atoms with Gasteiger partial charge in [-0.1, -0.05) is 45.1 Å². The molecule has 0 heterocycles. The van der Waals surface area contributed by atoms with Gasteiger partial charge < -0.3 is 4.74 Å². The lowest BCUT2D eigenvalue weighted by Crippen LogP contribution is -2.01. The molecule has 0 aliphatic heterocycles. The van der Waals surface area contributed by atoms with Crippen LogP contribution in [-0.2, 0) is 9.53 Å². The minimum Gasteiger partial charge on any atom is -0.493 e. The third kappa shape index (κ3) is 5.74. The van der Waals surface area contributed by atoms with Gasteiger partial charge in [-0.3, -0.25) is 4.79 Å². The average molecular weight is 222 g/mol. The number of carbonyl (C=O) groups is 1. The van der Waals surface area contributed by atoms with Gasteiger partial charge >= 0.3 is 0 Å². The van der Waals surface area contributed by atoms with Crippen LogP contribution in [0.4, 0.5) is 0 Å². The van der Waals surface area contributed by atoms with Gasteiger partial charge in [-0.2, -0.15) is 0 Å². The van der Waals surface area contributed by atoms with Gasteiger partial charge in [0.15, 0.2) is 5.78 Å². The Kier molecular flexibility index (Phi) is 6.62. The molecule has 90 valence electrons. The molecule has 0 bridgehead atoms. The Hall–Kier alpha value is -1.05. The number of allylic oxidation sites excluding steroid dienone is 3. The van der Waals surface area contributed by atoms with E-state index < -0.39 is 0 Å². The average Bonchev–Trinajstić information content (AvgIpc) is 2.28. The van der Waals surface area contributed by atoms with E-state index in [1.165, 1.54) is 32.1 Å². The molecule has 0 saturated heterocycles. The topological polar surface area (TPSA) is 26.3 Å². The normalized spacial score (nSPS) is 15.1. The Morgan fingerprint density at radius 1 is 1.19 bits per heavy atom. The Morgan fingerprint density at radius 3 is 2.69 bits per heavy atom. The zero-order valence-electron chi connectivity index (χ0n) is 10.2. The molecule has 16 heavy (non-hydrogen) atoms. The minimum absolute atomic E-state index is 0.139. The van der Waals surface area contributed by atoms with E-state index in [2.05, 4.69) is 6.92 Å². The molecule has 2 heteroatoms. The lowest BCUT2D eigenvalue weighted by molar-refractivity contribution is -0.114. The standard InChI is InChI=1S/C14H22O2/c1-2-3-4-5-6-7-11-16-14-10-8-9-13(15)12-14/h8,10,12H,2-7,9,11H2,1H3. The first-order chi connectivity index (χ1) is 7.83. The Labute approximate surface area is 98.4 Å². The van der Waals surface area contributed by atoms with Crippen molar-refractivity contribution < 1.29 is 9.53 Å². The van der Waals surface area contributed by atoms with Gasteiger partial charge in [-0.15, -0.1) is 0 Å². The van der Waals surface area contributed by atoms with Gasteiger partial charge in [0.05, 0.1) is 6.61 Å². The van der Waals surface area contributed by atoms with Crippen molar-refractivity contribution in [3.63, 3.8) is 0 Å². The van der Waals surface area contributed by atoms with Crippen molar-refractivity contribution in [3.05, 3.63) is 24.0 Å². The molecule has 0 aromatic carbocycles. The van der Waals surface area contributed by atoms with E-state index in [1.807, 2.05) is 12.2 Å². The van der Waals surface area contributed by atoms with Gasteiger partial charge in [0.2, 0.25) is 0 Å². The first kappa shape index (κ1) is 13.0. The van der Waals surface area contributed by atoms with E-state index in [1.54, 1.807) is 6.08 Å². The zero-order chi connectivity index (χ0) is 11.6. The molecule has 0 amide bonds. The summed E-state index contributed by atoms with van der Waals surface area (Å²) in [6.07, 6.45) is 13.4. The molecule has 0 N–H and O–H groups in total. The number of hydrogen-bond donors (Lipinski definition) is 0. The second-order valence-corrected chi connectivity index (χ2v) is 4.24. The second-order valence-electron chi connectivity index (χ2n) is 4.24. The van der Waals surface area contributed by atoms with E-state index in [-0.39, 0.29) is 5.78 Å². The Balaban J connectivity index is 1.99. The third-order valence-electron chi connectivity index (χ3n) is 2.67. The molecular formula is C14H22O2. The van der Waals surface area contributed by atoms with Crippen LogP contribution in [0.25, 0.3) is 0 Å². The van der Waals surface area contributed by atoms with Crippen LogP contribution in [0.15, 0.2) is 24.0 Å². The van der Waals surface area contributed by atoms with Gasteiger partial charge in [0, 0.05) is 12.5 Å². The third-order valence-corrected chi connectivity index (χ3v) is 2.67. The molecule has 0 radical (unpaired) electrons. The minimum atomic E-state index is 0.139. The molecule has 0 aromatic rings. The van der Waals surface area contributed by atoms with E-state index in [0.717, 1.165) is 18.8 Å². The van der Waals surface area contributed by atoms with Gasteiger partial charge in [-0.05, 0) is 12.5 Å². The first-order valence-electron chi connectivity index (χ1n) is 6.37. The lowest BCUT2D eigenvalue weighted by atomic mass is 10.1. The molecule has 0 aromatic heterocycles. The number of rotatable bonds is 8. The summed E-state index contributed by atoms with van der Waals surface area (Å²) in [6, 6.07) is 0. The van der Waals surface area contributed by atoms with Crippen molar-refractivity contribution in [2.45, 2.75) is 51.9 Å². The van der Waals surface area contributed by atoms with E-state index in [9.17, 15) is 4.79 Å². The molecule has 1 rings (SSSR count). The van der Waals surface area contributed by atoms with Crippen molar-refractivity contribution in [1.29, 1.82) is 0 Å². The predicted molar refractivity (Wildman–Crippen MR) is 66.2 cm³/mol. The number of hydrogen-bond acceptors (Lipinski definition) is 2. The monoisotopic (exact) mass is 222 g/mol. The molecule has 1 aliphatic rings. The van der Waals surface area contributed by atoms with Crippen LogP contribution in [0.1, 0.15) is 51.9 Å². The van der Waals surface area contributed by atoms with Crippen LogP contribution < -0.4 is 0 Å². The van der Waals surface area contributed by atoms with Crippen LogP contribution in [0, 0.1) is 0 Å². The fraction of sp³-hybridized carbons (Fsp3) is 0.643. The molecule has 0 spiro atoms. The SMILES string of the molecule is CCCCCCCCOC1=CC(=O)CC=C1. The smallest absolute Gasteiger partial charge is 0.163 e. The molecule has 0 atom stereocenters. The summed E-state index contributed by atoms with van der Waals surface area (Å²) in [5.74, 6) is 0.866. The highest BCUT2D eigenvalue weighted by molar-refractivity contribution is 5.92. The highest BCUT2D eigenvalue weighted by atomic mass is 16.5. The zero-order valence-corrected chi connectivity index (χ0v) is 10.2. The summed E-state index contributed by atoms with van der Waals surface area (Å²) in [7, 11) is 0. The van der Waals surface area contributed by atoms with Crippen LogP contribution in [0.2, 0.25) is 0 Å². The van der Waals surface area contributed by atoms with Gasteiger partial charge in [0.25, 0.3) is 0 Å². The van der Waals surface area contributed by atoms with E-state index in [4.69, 9.17) is 4.74 Å². The number of unbranched alkanes of at least 4 members (excludes halogenated alkanes) is 5. The fourth-order valence-electron chi connectivity index (χ4n) is 1.72. The maximum Gasteiger partial charge on any atom is 0.163 e. The second kappa shape index (κ2) is 8.14. The highest BCUT2D eigenvalue weighted by Gasteiger charge is 2.04. The van der Waals surface area contributed by atoms with Crippen LogP contribution in [0.5, 0.6) is 0 Å². The summed E-state index contributed by atoms with van der Waals surface area (Å²) in [5.41, 5.74) is 0. The van der Waals surface area contributed by atoms with Crippen molar-refractivity contribution in [1.82, 2.24) is 0 Å². The number of ether oxygens (including phenoxy) is 1. The summed E-state index contributed by atoms with van der Waals surface area (Å²) in [4.78, 5) is 11.1. The van der Waals surface area contributed by atoms with Gasteiger partial charge in [0.1, 0.15) is 5.76 Å². The molecule has 0 fully saturated rings. The maximum atomic E-state index is 11.1. The van der Waals surface area contributed by atoms with Crippen LogP contribution in [-0.4, -0.2) is 12.4 Å². The van der Waals surface area contributed by atoms with Crippen molar-refractivity contribution in [2.24, 2.45) is 0 Å². The lowest BCUT2D eigenvalue weighted by Gasteiger charge is -2.09. The Morgan fingerprint density at radius 2 is 1.94 bits per heavy atom. The van der Waals surface area contributed by atoms with E-state index >= 15 is 0 Å². The maximum absolute atomic E-state index is 11.1. The van der Waals surface area contributed by atoms with Crippen molar-refractivity contribution in [3.8, 4) is 0 Å². The van der Waals surface area contributed by atoms with E-state index in [0.29, 0.717) is 6.42 Å².